The molecule has 63 heavy (non-hydrogen) atoms. The average Bonchev–Trinajstić information content (AvgIpc) is 3.28. The summed E-state index contributed by atoms with van der Waals surface area (Å²) in [4.78, 5) is 37.9. The highest BCUT2D eigenvalue weighted by atomic mass is 16.6. The topological polar surface area (TPSA) is 78.9 Å². The van der Waals surface area contributed by atoms with Gasteiger partial charge in [-0.2, -0.15) is 0 Å². The lowest BCUT2D eigenvalue weighted by molar-refractivity contribution is -0.167. The quantitative estimate of drug-likeness (QED) is 0.0199. The molecule has 1 atom stereocenters. The zero-order valence-electron chi connectivity index (χ0n) is 40.8. The fourth-order valence-electron chi connectivity index (χ4n) is 6.68. The van der Waals surface area contributed by atoms with Gasteiger partial charge in [0.2, 0.25) is 0 Å². The monoisotopic (exact) mass is 875 g/mol. The number of unbranched alkanes of at least 4 members (excludes halogenated alkanes) is 19. The van der Waals surface area contributed by atoms with Gasteiger partial charge in [0.1, 0.15) is 13.2 Å². The van der Waals surface area contributed by atoms with Crippen LogP contribution in [-0.4, -0.2) is 37.2 Å². The summed E-state index contributed by atoms with van der Waals surface area (Å²) in [5, 5.41) is 0. The number of ether oxygens (including phenoxy) is 3. The zero-order valence-corrected chi connectivity index (χ0v) is 40.8. The molecule has 0 aromatic carbocycles. The molecule has 0 saturated heterocycles. The van der Waals surface area contributed by atoms with Crippen LogP contribution in [0.15, 0.2) is 97.2 Å². The summed E-state index contributed by atoms with van der Waals surface area (Å²) in [5.41, 5.74) is 0. The molecular formula is C57H94O6. The van der Waals surface area contributed by atoms with E-state index in [2.05, 4.69) is 118 Å². The van der Waals surface area contributed by atoms with Crippen molar-refractivity contribution in [3.05, 3.63) is 97.2 Å². The highest BCUT2D eigenvalue weighted by Gasteiger charge is 2.19. The Hall–Kier alpha value is -3.67. The molecule has 0 aromatic heterocycles. The standard InChI is InChI=1S/C57H94O6/c1-4-7-10-13-16-19-22-24-26-28-30-31-33-35-38-41-44-47-50-56(59)62-53-54(52-61-55(58)49-46-43-40-37-21-18-15-12-9-6-3)63-57(60)51-48-45-42-39-36-34-32-29-27-25-23-20-17-14-11-8-5-2/h8,11,15,17-18,20,25-28,30-32,34,39,42,54H,4-7,9-10,12-14,16,19,21-24,29,33,35-38,40-41,43-53H2,1-3H3/b11-8-,18-15-,20-17-,27-25-,28-26-,31-30-,34-32-,42-39-. The fraction of sp³-hybridized carbons (Fsp3) is 0.667. The summed E-state index contributed by atoms with van der Waals surface area (Å²) in [7, 11) is 0. The summed E-state index contributed by atoms with van der Waals surface area (Å²) < 4.78 is 16.7. The van der Waals surface area contributed by atoms with Gasteiger partial charge in [0.15, 0.2) is 6.10 Å². The van der Waals surface area contributed by atoms with Gasteiger partial charge in [-0.1, -0.05) is 201 Å². The van der Waals surface area contributed by atoms with Crippen molar-refractivity contribution in [1.82, 2.24) is 0 Å². The van der Waals surface area contributed by atoms with Gasteiger partial charge in [0.25, 0.3) is 0 Å². The molecule has 0 aliphatic heterocycles. The number of carbonyl (C=O) groups excluding carboxylic acids is 3. The Morgan fingerprint density at radius 1 is 0.349 bits per heavy atom. The number of esters is 3. The van der Waals surface area contributed by atoms with E-state index < -0.39 is 6.10 Å². The van der Waals surface area contributed by atoms with Crippen LogP contribution in [0.25, 0.3) is 0 Å². The summed E-state index contributed by atoms with van der Waals surface area (Å²) in [5.74, 6) is -1.00. The molecule has 0 aliphatic rings. The Morgan fingerprint density at radius 3 is 1.17 bits per heavy atom. The molecule has 0 fully saturated rings. The second-order valence-electron chi connectivity index (χ2n) is 16.7. The van der Waals surface area contributed by atoms with Gasteiger partial charge >= 0.3 is 17.9 Å². The molecule has 6 heteroatoms. The Morgan fingerprint density at radius 2 is 0.698 bits per heavy atom. The number of allylic oxidation sites excluding steroid dienone is 16. The van der Waals surface area contributed by atoms with Crippen LogP contribution in [0, 0.1) is 0 Å². The molecule has 0 bridgehead atoms. The third-order valence-corrected chi connectivity index (χ3v) is 10.6. The molecule has 0 heterocycles. The van der Waals surface area contributed by atoms with Gasteiger partial charge in [-0.3, -0.25) is 14.4 Å². The molecule has 1 unspecified atom stereocenters. The van der Waals surface area contributed by atoms with Crippen LogP contribution >= 0.6 is 0 Å². The van der Waals surface area contributed by atoms with Crippen LogP contribution in [0.5, 0.6) is 0 Å². The maximum Gasteiger partial charge on any atom is 0.306 e. The molecule has 0 aliphatic carbocycles. The summed E-state index contributed by atoms with van der Waals surface area (Å²) in [6, 6.07) is 0. The smallest absolute Gasteiger partial charge is 0.306 e. The van der Waals surface area contributed by atoms with E-state index in [1.165, 1.54) is 64.2 Å². The van der Waals surface area contributed by atoms with Gasteiger partial charge in [0, 0.05) is 19.3 Å². The van der Waals surface area contributed by atoms with Gasteiger partial charge in [0.05, 0.1) is 0 Å². The Bertz CT molecular complexity index is 1280. The zero-order chi connectivity index (χ0) is 45.8. The van der Waals surface area contributed by atoms with Gasteiger partial charge in [-0.25, -0.2) is 0 Å². The predicted octanol–water partition coefficient (Wildman–Crippen LogP) is 17.0. The number of rotatable bonds is 45. The maximum absolute atomic E-state index is 12.8. The molecule has 0 aromatic rings. The van der Waals surface area contributed by atoms with Gasteiger partial charge < -0.3 is 14.2 Å². The molecule has 0 spiro atoms. The lowest BCUT2D eigenvalue weighted by Crippen LogP contribution is -2.30. The molecule has 358 valence electrons. The van der Waals surface area contributed by atoms with Crippen molar-refractivity contribution in [2.45, 2.75) is 232 Å². The number of hydrogen-bond donors (Lipinski definition) is 0. The molecule has 6 nitrogen and oxygen atoms in total. The third-order valence-electron chi connectivity index (χ3n) is 10.6. The first-order valence-corrected chi connectivity index (χ1v) is 25.8. The van der Waals surface area contributed by atoms with Crippen molar-refractivity contribution < 1.29 is 28.6 Å². The lowest BCUT2D eigenvalue weighted by Gasteiger charge is -2.18. The maximum atomic E-state index is 12.8. The number of carbonyl (C=O) groups is 3. The summed E-state index contributed by atoms with van der Waals surface area (Å²) in [6.07, 6.45) is 66.9. The van der Waals surface area contributed by atoms with Crippen LogP contribution in [0.1, 0.15) is 226 Å². The summed E-state index contributed by atoms with van der Waals surface area (Å²) >= 11 is 0. The van der Waals surface area contributed by atoms with Crippen molar-refractivity contribution in [1.29, 1.82) is 0 Å². The minimum absolute atomic E-state index is 0.112. The summed E-state index contributed by atoms with van der Waals surface area (Å²) in [6.45, 7) is 6.39. The first-order valence-electron chi connectivity index (χ1n) is 25.8. The first kappa shape index (κ1) is 59.3. The molecule has 0 amide bonds. The van der Waals surface area contributed by atoms with Crippen LogP contribution in [-0.2, 0) is 28.6 Å². The Kier molecular flexibility index (Phi) is 48.0. The van der Waals surface area contributed by atoms with E-state index in [0.717, 1.165) is 116 Å². The minimum Gasteiger partial charge on any atom is -0.462 e. The average molecular weight is 875 g/mol. The van der Waals surface area contributed by atoms with E-state index in [1.807, 2.05) is 0 Å². The van der Waals surface area contributed by atoms with Crippen molar-refractivity contribution >= 4 is 17.9 Å². The van der Waals surface area contributed by atoms with E-state index in [1.54, 1.807) is 0 Å². The second-order valence-corrected chi connectivity index (χ2v) is 16.7. The van der Waals surface area contributed by atoms with Crippen molar-refractivity contribution in [3.63, 3.8) is 0 Å². The third kappa shape index (κ3) is 49.2. The van der Waals surface area contributed by atoms with Crippen molar-refractivity contribution in [3.8, 4) is 0 Å². The first-order chi connectivity index (χ1) is 31.0. The van der Waals surface area contributed by atoms with Crippen LogP contribution < -0.4 is 0 Å². The lowest BCUT2D eigenvalue weighted by atomic mass is 10.1. The second kappa shape index (κ2) is 51.0. The van der Waals surface area contributed by atoms with E-state index >= 15 is 0 Å². The SMILES string of the molecule is CC/C=C\C/C=C\C/C=C\C/C=C\C/C=C\CCCC(=O)OC(COC(=O)CCCCCC/C=C\CCCC)COC(=O)CCCCCCC/C=C\C=C/CCCCCCCCC. The molecule has 0 rings (SSSR count). The van der Waals surface area contributed by atoms with Crippen LogP contribution in [0.4, 0.5) is 0 Å². The largest absolute Gasteiger partial charge is 0.462 e. The normalized spacial score (nSPS) is 12.9. The highest BCUT2D eigenvalue weighted by molar-refractivity contribution is 5.71. The molecule has 0 saturated carbocycles. The predicted molar refractivity (Wildman–Crippen MR) is 270 cm³/mol. The van der Waals surface area contributed by atoms with Gasteiger partial charge in [-0.15, -0.1) is 0 Å². The van der Waals surface area contributed by atoms with Crippen molar-refractivity contribution in [2.24, 2.45) is 0 Å². The van der Waals surface area contributed by atoms with Crippen molar-refractivity contribution in [2.75, 3.05) is 13.2 Å². The van der Waals surface area contributed by atoms with Crippen LogP contribution in [0.2, 0.25) is 0 Å². The Balaban J connectivity index is 4.49. The van der Waals surface area contributed by atoms with E-state index in [-0.39, 0.29) is 37.5 Å². The Labute approximate surface area is 387 Å². The minimum atomic E-state index is -0.818. The number of hydrogen-bond acceptors (Lipinski definition) is 6. The molecular weight excluding hydrogens is 781 g/mol. The van der Waals surface area contributed by atoms with E-state index in [9.17, 15) is 14.4 Å². The highest BCUT2D eigenvalue weighted by Crippen LogP contribution is 2.12. The molecule has 0 N–H and O–H groups in total. The fourth-order valence-corrected chi connectivity index (χ4v) is 6.68. The van der Waals surface area contributed by atoms with Gasteiger partial charge in [-0.05, 0) is 103 Å². The van der Waals surface area contributed by atoms with E-state index in [4.69, 9.17) is 14.2 Å². The molecule has 0 radical (unpaired) electrons. The van der Waals surface area contributed by atoms with Crippen LogP contribution in [0.3, 0.4) is 0 Å². The van der Waals surface area contributed by atoms with E-state index in [0.29, 0.717) is 19.3 Å².